The van der Waals surface area contributed by atoms with Gasteiger partial charge in [0.05, 0.1) is 12.2 Å². The normalized spacial score (nSPS) is 11.4. The second-order valence-corrected chi connectivity index (χ2v) is 4.22. The maximum absolute atomic E-state index is 12.7. The van der Waals surface area contributed by atoms with E-state index in [0.717, 1.165) is 12.1 Å². The minimum absolute atomic E-state index is 0.0504. The van der Waals surface area contributed by atoms with Gasteiger partial charge in [-0.1, -0.05) is 0 Å². The Hall–Kier alpha value is -1.76. The Morgan fingerprint density at radius 2 is 2.05 bits per heavy atom. The molecule has 1 aromatic rings. The Bertz CT molecular complexity index is 475. The van der Waals surface area contributed by atoms with Gasteiger partial charge in [0.15, 0.2) is 0 Å². The first-order valence-corrected chi connectivity index (χ1v) is 6.07. The first-order chi connectivity index (χ1) is 9.27. The fourth-order valence-corrected chi connectivity index (χ4v) is 1.60. The van der Waals surface area contributed by atoms with Crippen molar-refractivity contribution in [1.29, 1.82) is 0 Å². The molecular weight excluding hydrogens is 273 g/mol. The van der Waals surface area contributed by atoms with E-state index in [4.69, 9.17) is 10.5 Å². The second-order valence-electron chi connectivity index (χ2n) is 4.22. The molecule has 0 radical (unpaired) electrons. The van der Waals surface area contributed by atoms with E-state index in [1.54, 1.807) is 0 Å². The van der Waals surface area contributed by atoms with Gasteiger partial charge in [0.2, 0.25) is 0 Å². The van der Waals surface area contributed by atoms with Gasteiger partial charge in [-0.05, 0) is 25.1 Å². The van der Waals surface area contributed by atoms with Gasteiger partial charge in [0.25, 0.3) is 5.91 Å². The first-order valence-electron chi connectivity index (χ1n) is 6.07. The molecule has 0 bridgehead atoms. The van der Waals surface area contributed by atoms with Crippen LogP contribution < -0.4 is 5.73 Å². The average Bonchev–Trinajstić information content (AvgIpc) is 2.37. The highest BCUT2D eigenvalue weighted by molar-refractivity contribution is 5.94. The summed E-state index contributed by atoms with van der Waals surface area (Å²) in [5, 5.41) is 0. The number of amides is 1. The van der Waals surface area contributed by atoms with Crippen molar-refractivity contribution in [2.75, 3.05) is 32.5 Å². The van der Waals surface area contributed by atoms with Crippen molar-refractivity contribution in [3.05, 3.63) is 29.3 Å². The van der Waals surface area contributed by atoms with Gasteiger partial charge in [-0.15, -0.1) is 0 Å². The summed E-state index contributed by atoms with van der Waals surface area (Å²) in [6.07, 6.45) is -4.58. The van der Waals surface area contributed by atoms with Crippen LogP contribution in [0.2, 0.25) is 0 Å². The highest BCUT2D eigenvalue weighted by atomic mass is 19.4. The molecule has 0 aliphatic carbocycles. The molecule has 0 saturated carbocycles. The number of carbonyl (C=O) groups excluding carboxylic acids is 1. The molecule has 0 atom stereocenters. The van der Waals surface area contributed by atoms with Crippen LogP contribution in [0.1, 0.15) is 22.8 Å². The third-order valence-corrected chi connectivity index (χ3v) is 2.73. The van der Waals surface area contributed by atoms with Gasteiger partial charge in [0, 0.05) is 31.5 Å². The highest BCUT2D eigenvalue weighted by Crippen LogP contribution is 2.34. The average molecular weight is 290 g/mol. The van der Waals surface area contributed by atoms with Crippen molar-refractivity contribution in [3.63, 3.8) is 0 Å². The van der Waals surface area contributed by atoms with Crippen molar-refractivity contribution < 1.29 is 22.7 Å². The quantitative estimate of drug-likeness (QED) is 0.669. The Labute approximate surface area is 115 Å². The van der Waals surface area contributed by atoms with Crippen LogP contribution in [-0.4, -0.2) is 37.6 Å². The zero-order valence-corrected chi connectivity index (χ0v) is 11.3. The molecule has 0 saturated heterocycles. The number of hydrogen-bond donors (Lipinski definition) is 1. The van der Waals surface area contributed by atoms with E-state index >= 15 is 0 Å². The van der Waals surface area contributed by atoms with E-state index in [2.05, 4.69) is 0 Å². The number of alkyl halides is 3. The minimum atomic E-state index is -4.58. The number of benzene rings is 1. The Morgan fingerprint density at radius 3 is 2.60 bits per heavy atom. The number of anilines is 1. The van der Waals surface area contributed by atoms with Gasteiger partial charge in [-0.3, -0.25) is 4.79 Å². The van der Waals surface area contributed by atoms with E-state index in [1.807, 2.05) is 6.92 Å². The summed E-state index contributed by atoms with van der Waals surface area (Å²) in [6.45, 7) is 2.97. The molecule has 1 aromatic carbocycles. The number of ether oxygens (including phenoxy) is 1. The van der Waals surface area contributed by atoms with E-state index in [0.29, 0.717) is 19.8 Å². The molecular formula is C13H17F3N2O2. The van der Waals surface area contributed by atoms with Crippen molar-refractivity contribution in [3.8, 4) is 0 Å². The molecule has 1 amide bonds. The molecule has 0 unspecified atom stereocenters. The van der Waals surface area contributed by atoms with Gasteiger partial charge in [0.1, 0.15) is 0 Å². The van der Waals surface area contributed by atoms with Gasteiger partial charge >= 0.3 is 6.18 Å². The maximum Gasteiger partial charge on any atom is 0.418 e. The zero-order valence-electron chi connectivity index (χ0n) is 11.3. The predicted octanol–water partition coefficient (Wildman–Crippen LogP) is 2.40. The number of carbonyl (C=O) groups is 1. The van der Waals surface area contributed by atoms with E-state index in [9.17, 15) is 18.0 Å². The Morgan fingerprint density at radius 1 is 1.40 bits per heavy atom. The lowest BCUT2D eigenvalue weighted by atomic mass is 10.1. The van der Waals surface area contributed by atoms with Crippen LogP contribution in [0.3, 0.4) is 0 Å². The van der Waals surface area contributed by atoms with Crippen molar-refractivity contribution in [2.24, 2.45) is 0 Å². The number of nitrogens with zero attached hydrogens (tertiary/aromatic N) is 1. The van der Waals surface area contributed by atoms with Gasteiger partial charge in [-0.2, -0.15) is 13.2 Å². The number of likely N-dealkylation sites (N-methyl/N-ethyl adjacent to an activating group) is 1. The monoisotopic (exact) mass is 290 g/mol. The van der Waals surface area contributed by atoms with Crippen LogP contribution >= 0.6 is 0 Å². The molecule has 0 spiro atoms. The van der Waals surface area contributed by atoms with E-state index in [1.165, 1.54) is 18.0 Å². The largest absolute Gasteiger partial charge is 0.418 e. The molecule has 0 fully saturated rings. The van der Waals surface area contributed by atoms with Crippen LogP contribution in [0, 0.1) is 0 Å². The summed E-state index contributed by atoms with van der Waals surface area (Å²) in [5.41, 5.74) is 3.84. The van der Waals surface area contributed by atoms with Gasteiger partial charge < -0.3 is 15.4 Å². The number of nitrogen functional groups attached to an aromatic ring is 1. The van der Waals surface area contributed by atoms with Crippen molar-refractivity contribution in [2.45, 2.75) is 13.1 Å². The standard InChI is InChI=1S/C13H17F3N2O2/c1-3-20-7-6-18(2)12(19)9-4-5-11(17)10(8-9)13(14,15)16/h4-5,8H,3,6-7,17H2,1-2H3. The molecule has 0 heterocycles. The molecule has 0 aliphatic heterocycles. The van der Waals surface area contributed by atoms with Crippen LogP contribution in [0.25, 0.3) is 0 Å². The Kier molecular flexibility index (Phi) is 5.38. The van der Waals surface area contributed by atoms with E-state index in [-0.39, 0.29) is 5.56 Å². The molecule has 4 nitrogen and oxygen atoms in total. The van der Waals surface area contributed by atoms with Crippen LogP contribution in [0.5, 0.6) is 0 Å². The highest BCUT2D eigenvalue weighted by Gasteiger charge is 2.33. The second kappa shape index (κ2) is 6.60. The van der Waals surface area contributed by atoms with E-state index < -0.39 is 23.3 Å². The summed E-state index contributed by atoms with van der Waals surface area (Å²) < 4.78 is 43.2. The molecule has 0 aliphatic rings. The molecule has 20 heavy (non-hydrogen) atoms. The van der Waals surface area contributed by atoms with Crippen LogP contribution in [0.15, 0.2) is 18.2 Å². The van der Waals surface area contributed by atoms with Crippen molar-refractivity contribution in [1.82, 2.24) is 4.90 Å². The fraction of sp³-hybridized carbons (Fsp3) is 0.462. The minimum Gasteiger partial charge on any atom is -0.398 e. The lowest BCUT2D eigenvalue weighted by Crippen LogP contribution is -2.30. The maximum atomic E-state index is 12.7. The third-order valence-electron chi connectivity index (χ3n) is 2.73. The van der Waals surface area contributed by atoms with Crippen molar-refractivity contribution >= 4 is 11.6 Å². The number of nitrogens with two attached hydrogens (primary N) is 1. The lowest BCUT2D eigenvalue weighted by Gasteiger charge is -2.18. The summed E-state index contributed by atoms with van der Waals surface area (Å²) in [5.74, 6) is -0.504. The van der Waals surface area contributed by atoms with Gasteiger partial charge in [-0.25, -0.2) is 0 Å². The molecule has 112 valence electrons. The number of halogens is 3. The topological polar surface area (TPSA) is 55.6 Å². The lowest BCUT2D eigenvalue weighted by molar-refractivity contribution is -0.136. The summed E-state index contributed by atoms with van der Waals surface area (Å²) in [4.78, 5) is 13.3. The summed E-state index contributed by atoms with van der Waals surface area (Å²) in [7, 11) is 1.50. The zero-order chi connectivity index (χ0) is 15.3. The van der Waals surface area contributed by atoms with Crippen LogP contribution in [0.4, 0.5) is 18.9 Å². The third kappa shape index (κ3) is 4.12. The summed E-state index contributed by atoms with van der Waals surface area (Å²) >= 11 is 0. The Balaban J connectivity index is 2.89. The number of hydrogen-bond acceptors (Lipinski definition) is 3. The first kappa shape index (κ1) is 16.3. The summed E-state index contributed by atoms with van der Waals surface area (Å²) in [6, 6.07) is 3.14. The smallest absolute Gasteiger partial charge is 0.398 e. The molecule has 7 heteroatoms. The number of rotatable bonds is 5. The molecule has 0 aromatic heterocycles. The fourth-order valence-electron chi connectivity index (χ4n) is 1.60. The van der Waals surface area contributed by atoms with Crippen LogP contribution in [-0.2, 0) is 10.9 Å². The molecule has 2 N–H and O–H groups in total. The SMILES string of the molecule is CCOCCN(C)C(=O)c1ccc(N)c(C(F)(F)F)c1. The molecule has 1 rings (SSSR count). The predicted molar refractivity (Wildman–Crippen MR) is 69.3 cm³/mol.